The van der Waals surface area contributed by atoms with E-state index in [9.17, 15) is 24.3 Å². The number of carboxylic acid groups (broad SMARTS) is 1. The van der Waals surface area contributed by atoms with E-state index >= 15 is 0 Å². The van der Waals surface area contributed by atoms with Gasteiger partial charge in [0.1, 0.15) is 6.04 Å². The van der Waals surface area contributed by atoms with Gasteiger partial charge in [-0.1, -0.05) is 6.42 Å². The van der Waals surface area contributed by atoms with Crippen molar-refractivity contribution in [1.29, 1.82) is 0 Å². The third-order valence-electron chi connectivity index (χ3n) is 2.68. The molecule has 0 saturated heterocycles. The minimum absolute atomic E-state index is 0.520. The first-order chi connectivity index (χ1) is 10.5. The van der Waals surface area contributed by atoms with Gasteiger partial charge in [-0.3, -0.25) is 19.2 Å². The molecular formula is C12H25N5O6. The monoisotopic (exact) mass is 335 g/mol. The summed E-state index contributed by atoms with van der Waals surface area (Å²) in [5, 5.41) is 17.7. The van der Waals surface area contributed by atoms with Gasteiger partial charge in [0.2, 0.25) is 17.7 Å². The standard InChI is InChI=1S/C6H11N3O4.C6H14N2O2/c7-3(10)1-6(13,5(9)12)2-4(8)11;7-4-2-1-3-5(8)6(9)10/h13H,1-2H2,(H2,7,10)(H2,8,11)(H2,9,12);5H,1-4,7-8H2,(H,9,10)/t;5-/m.0/s1. The number of aliphatic carboxylic acids is 1. The van der Waals surface area contributed by atoms with E-state index in [1.807, 2.05) is 0 Å². The lowest BCUT2D eigenvalue weighted by atomic mass is 9.94. The van der Waals surface area contributed by atoms with Gasteiger partial charge in [-0.15, -0.1) is 0 Å². The lowest BCUT2D eigenvalue weighted by molar-refractivity contribution is -0.145. The number of unbranched alkanes of at least 4 members (excludes halogenated alkanes) is 1. The highest BCUT2D eigenvalue weighted by Gasteiger charge is 2.37. The fourth-order valence-corrected chi connectivity index (χ4v) is 1.45. The summed E-state index contributed by atoms with van der Waals surface area (Å²) in [5.74, 6) is -4.02. The molecule has 11 nitrogen and oxygen atoms in total. The third kappa shape index (κ3) is 12.0. The minimum Gasteiger partial charge on any atom is -0.480 e. The van der Waals surface area contributed by atoms with Crippen LogP contribution in [-0.2, 0) is 19.2 Å². The van der Waals surface area contributed by atoms with E-state index < -0.39 is 48.2 Å². The zero-order valence-electron chi connectivity index (χ0n) is 12.7. The van der Waals surface area contributed by atoms with Gasteiger partial charge in [-0.2, -0.15) is 0 Å². The topological polar surface area (TPSA) is 239 Å². The molecule has 0 fully saturated rings. The molecule has 0 aliphatic carbocycles. The van der Waals surface area contributed by atoms with Crippen molar-refractivity contribution in [3.63, 3.8) is 0 Å². The van der Waals surface area contributed by atoms with Crippen LogP contribution in [0.3, 0.4) is 0 Å². The van der Waals surface area contributed by atoms with E-state index in [0.717, 1.165) is 12.8 Å². The lowest BCUT2D eigenvalue weighted by Gasteiger charge is -2.20. The number of carboxylic acids is 1. The highest BCUT2D eigenvalue weighted by molar-refractivity contribution is 5.93. The van der Waals surface area contributed by atoms with Gasteiger partial charge < -0.3 is 38.9 Å². The van der Waals surface area contributed by atoms with E-state index in [4.69, 9.17) is 33.8 Å². The Kier molecular flexibility index (Phi) is 11.4. The smallest absolute Gasteiger partial charge is 0.320 e. The lowest BCUT2D eigenvalue weighted by Crippen LogP contribution is -2.49. The van der Waals surface area contributed by atoms with Crippen molar-refractivity contribution >= 4 is 23.7 Å². The second-order valence-electron chi connectivity index (χ2n) is 4.91. The molecule has 0 bridgehead atoms. The van der Waals surface area contributed by atoms with Crippen LogP contribution < -0.4 is 28.7 Å². The van der Waals surface area contributed by atoms with Gasteiger partial charge in [0.15, 0.2) is 5.60 Å². The van der Waals surface area contributed by atoms with Crippen molar-refractivity contribution in [2.45, 2.75) is 43.7 Å². The van der Waals surface area contributed by atoms with Crippen LogP contribution in [0.25, 0.3) is 0 Å². The second kappa shape index (κ2) is 11.3. The Balaban J connectivity index is 0. The predicted molar refractivity (Wildman–Crippen MR) is 80.3 cm³/mol. The minimum atomic E-state index is -2.27. The normalized spacial score (nSPS) is 11.8. The van der Waals surface area contributed by atoms with E-state index in [2.05, 4.69) is 0 Å². The summed E-state index contributed by atoms with van der Waals surface area (Å²) in [5.41, 5.74) is 22.4. The Bertz CT molecular complexity index is 412. The Morgan fingerprint density at radius 2 is 1.39 bits per heavy atom. The molecule has 0 aromatic rings. The van der Waals surface area contributed by atoms with E-state index in [0.29, 0.717) is 13.0 Å². The average molecular weight is 335 g/mol. The summed E-state index contributed by atoms with van der Waals surface area (Å²) in [7, 11) is 0. The van der Waals surface area contributed by atoms with Crippen LogP contribution in [-0.4, -0.2) is 52.1 Å². The molecule has 0 saturated carbocycles. The van der Waals surface area contributed by atoms with E-state index in [1.165, 1.54) is 0 Å². The Hall–Kier alpha value is -2.24. The fraction of sp³-hybridized carbons (Fsp3) is 0.667. The molecule has 0 unspecified atom stereocenters. The van der Waals surface area contributed by atoms with Crippen molar-refractivity contribution in [1.82, 2.24) is 0 Å². The first-order valence-electron chi connectivity index (χ1n) is 6.73. The summed E-state index contributed by atoms with van der Waals surface area (Å²) >= 11 is 0. The molecule has 0 rings (SSSR count). The Morgan fingerprint density at radius 1 is 0.957 bits per heavy atom. The molecule has 3 amide bonds. The van der Waals surface area contributed by atoms with E-state index in [-0.39, 0.29) is 0 Å². The summed E-state index contributed by atoms with van der Waals surface area (Å²) in [6, 6.07) is -0.716. The van der Waals surface area contributed by atoms with Crippen LogP contribution >= 0.6 is 0 Å². The quantitative estimate of drug-likeness (QED) is 0.197. The SMILES string of the molecule is NC(=O)CC(O)(CC(N)=O)C(N)=O.NCCCC[C@H](N)C(=O)O. The number of carbonyl (C=O) groups excluding carboxylic acids is 3. The summed E-state index contributed by atoms with van der Waals surface area (Å²) < 4.78 is 0. The van der Waals surface area contributed by atoms with Gasteiger partial charge in [0, 0.05) is 0 Å². The number of primary amides is 3. The van der Waals surface area contributed by atoms with E-state index in [1.54, 1.807) is 0 Å². The molecule has 1 atom stereocenters. The summed E-state index contributed by atoms with van der Waals surface area (Å²) in [6.45, 7) is 0.604. The summed E-state index contributed by atoms with van der Waals surface area (Å²) in [4.78, 5) is 41.6. The van der Waals surface area contributed by atoms with Crippen LogP contribution in [0.5, 0.6) is 0 Å². The maximum Gasteiger partial charge on any atom is 0.320 e. The highest BCUT2D eigenvalue weighted by atomic mass is 16.4. The molecule has 0 spiro atoms. The highest BCUT2D eigenvalue weighted by Crippen LogP contribution is 2.13. The first kappa shape index (κ1) is 23.0. The molecule has 134 valence electrons. The number of rotatable bonds is 10. The maximum absolute atomic E-state index is 10.6. The van der Waals surface area contributed by atoms with Crippen molar-refractivity contribution in [2.75, 3.05) is 6.54 Å². The zero-order valence-corrected chi connectivity index (χ0v) is 12.7. The van der Waals surface area contributed by atoms with Crippen LogP contribution in [0, 0.1) is 0 Å². The first-order valence-corrected chi connectivity index (χ1v) is 6.73. The number of carbonyl (C=O) groups is 4. The molecule has 0 aromatic carbocycles. The van der Waals surface area contributed by atoms with Crippen molar-refractivity contribution in [3.05, 3.63) is 0 Å². The number of aliphatic hydroxyl groups is 1. The van der Waals surface area contributed by atoms with Crippen molar-refractivity contribution in [2.24, 2.45) is 28.7 Å². The molecule has 0 heterocycles. The molecule has 12 N–H and O–H groups in total. The van der Waals surface area contributed by atoms with Crippen LogP contribution in [0.4, 0.5) is 0 Å². The number of nitrogens with two attached hydrogens (primary N) is 5. The number of hydrogen-bond acceptors (Lipinski definition) is 7. The van der Waals surface area contributed by atoms with Crippen molar-refractivity contribution in [3.8, 4) is 0 Å². The van der Waals surface area contributed by atoms with Gasteiger partial charge in [0.05, 0.1) is 12.8 Å². The second-order valence-corrected chi connectivity index (χ2v) is 4.91. The van der Waals surface area contributed by atoms with Crippen molar-refractivity contribution < 1.29 is 29.4 Å². The van der Waals surface area contributed by atoms with Gasteiger partial charge in [-0.05, 0) is 19.4 Å². The average Bonchev–Trinajstić information content (AvgIpc) is 2.37. The van der Waals surface area contributed by atoms with Gasteiger partial charge in [0.25, 0.3) is 0 Å². The van der Waals surface area contributed by atoms with Crippen LogP contribution in [0.1, 0.15) is 32.1 Å². The Morgan fingerprint density at radius 3 is 1.65 bits per heavy atom. The number of amides is 3. The zero-order chi connectivity index (χ0) is 18.6. The van der Waals surface area contributed by atoms with Crippen LogP contribution in [0.15, 0.2) is 0 Å². The number of hydrogen-bond donors (Lipinski definition) is 7. The Labute approximate surface area is 133 Å². The van der Waals surface area contributed by atoms with Crippen LogP contribution in [0.2, 0.25) is 0 Å². The molecule has 0 aliphatic heterocycles. The fourth-order valence-electron chi connectivity index (χ4n) is 1.45. The van der Waals surface area contributed by atoms with Gasteiger partial charge >= 0.3 is 5.97 Å². The maximum atomic E-state index is 10.6. The largest absolute Gasteiger partial charge is 0.480 e. The molecule has 0 aliphatic rings. The molecule has 0 aromatic heterocycles. The summed E-state index contributed by atoms with van der Waals surface area (Å²) in [6.07, 6.45) is 0.730. The van der Waals surface area contributed by atoms with Gasteiger partial charge in [-0.25, -0.2) is 0 Å². The third-order valence-corrected chi connectivity index (χ3v) is 2.68. The predicted octanol–water partition coefficient (Wildman–Crippen LogP) is -3.52. The molecule has 0 radical (unpaired) electrons. The molecule has 23 heavy (non-hydrogen) atoms. The molecule has 11 heteroatoms. The molecular weight excluding hydrogens is 310 g/mol.